The summed E-state index contributed by atoms with van der Waals surface area (Å²) in [4.78, 5) is 12.7. The van der Waals surface area contributed by atoms with E-state index in [9.17, 15) is 40.5 Å². The van der Waals surface area contributed by atoms with Gasteiger partial charge in [0.05, 0.1) is 37.9 Å². The Morgan fingerprint density at radius 3 is 2.18 bits per heavy atom. The topological polar surface area (TPSA) is 388 Å². The van der Waals surface area contributed by atoms with Crippen LogP contribution in [0.2, 0.25) is 0 Å². The van der Waals surface area contributed by atoms with Gasteiger partial charge in [-0.25, -0.2) is 0 Å². The average molecular weight is 742 g/mol. The summed E-state index contributed by atoms with van der Waals surface area (Å²) in [7, 11) is 0. The second-order valence-corrected chi connectivity index (χ2v) is 13.1. The van der Waals surface area contributed by atoms with Crippen LogP contribution in [-0.2, 0) is 33.2 Å². The molecule has 22 heteroatoms. The molecule has 0 bridgehead atoms. The third-order valence-electron chi connectivity index (χ3n) is 9.37. The van der Waals surface area contributed by atoms with E-state index in [2.05, 4.69) is 10.6 Å². The van der Waals surface area contributed by atoms with Crippen molar-refractivity contribution in [3.05, 3.63) is 11.8 Å². The van der Waals surface area contributed by atoms with Crippen molar-refractivity contribution in [2.45, 2.75) is 123 Å². The van der Waals surface area contributed by atoms with Crippen molar-refractivity contribution in [1.29, 1.82) is 0 Å². The molecule has 296 valence electrons. The summed E-state index contributed by atoms with van der Waals surface area (Å²) in [5.74, 6) is -0.587. The molecule has 22 nitrogen and oxygen atoms in total. The lowest BCUT2D eigenvalue weighted by Crippen LogP contribution is -2.67. The molecule has 20 N–H and O–H groups in total. The Morgan fingerprint density at radius 1 is 0.863 bits per heavy atom. The predicted molar refractivity (Wildman–Crippen MR) is 171 cm³/mol. The fraction of sp³-hybridized carbons (Fsp3) is 0.897. The van der Waals surface area contributed by atoms with Crippen molar-refractivity contribution < 1.29 is 74.1 Å². The maximum absolute atomic E-state index is 12.7. The molecule has 1 aliphatic carbocycles. The standard InChI is InChI=1S/C29H55N7O15/c30-6-14(39)19(41)26(45)36-13-5-12(33)23(49-27-11(32)2-1-10(46-27)8-35-3-4-37)25(18(13)40)51-29-22(44)24(16(9-38)48-29)50-28-17(34)21(43)20(42)15(7-31)47-28/h1,11-25,27-29,35,37-44H,2-9,30-34H2,(H,36,45)/t11-,12+,13-,14+,15+,16-,17-,18+,19+,20-,21-,22-,23-,24-,25-,27-,28-,29+/m1/s1. The van der Waals surface area contributed by atoms with Crippen LogP contribution in [0, 0.1) is 0 Å². The summed E-state index contributed by atoms with van der Waals surface area (Å²) < 4.78 is 35.5. The fourth-order valence-corrected chi connectivity index (χ4v) is 6.35. The van der Waals surface area contributed by atoms with Crippen LogP contribution in [0.25, 0.3) is 0 Å². The summed E-state index contributed by atoms with van der Waals surface area (Å²) in [5, 5.41) is 88.3. The maximum Gasteiger partial charge on any atom is 0.251 e. The van der Waals surface area contributed by atoms with Crippen molar-refractivity contribution in [2.24, 2.45) is 28.7 Å². The highest BCUT2D eigenvalue weighted by Crippen LogP contribution is 2.34. The molecule has 0 aromatic carbocycles. The van der Waals surface area contributed by atoms with Crippen molar-refractivity contribution in [3.8, 4) is 0 Å². The van der Waals surface area contributed by atoms with Crippen molar-refractivity contribution in [3.63, 3.8) is 0 Å². The van der Waals surface area contributed by atoms with E-state index in [-0.39, 0.29) is 26.1 Å². The van der Waals surface area contributed by atoms with Crippen molar-refractivity contribution >= 4 is 5.91 Å². The van der Waals surface area contributed by atoms with Crippen LogP contribution in [0.4, 0.5) is 0 Å². The number of rotatable bonds is 16. The summed E-state index contributed by atoms with van der Waals surface area (Å²) in [5.41, 5.74) is 29.9. The van der Waals surface area contributed by atoms with Crippen LogP contribution < -0.4 is 39.3 Å². The number of aliphatic hydroxyl groups excluding tert-OH is 8. The summed E-state index contributed by atoms with van der Waals surface area (Å²) in [6.45, 7) is -0.873. The molecule has 1 amide bonds. The SMILES string of the molecule is NC[C@@H]1O[C@H](O[C@H]2[C@@H](O)[C@H](O[C@@H]3[C@@H](O)[C@H](NC(=O)[C@@H](O)[C@@H](O)CN)C[C@H](N)[C@H]3O[C@H]3OC(CNCCO)=CC[C@H]3N)O[C@@H]2CO)[C@H](N)[C@@H](O)[C@@H]1O. The molecular weight excluding hydrogens is 686 g/mol. The van der Waals surface area contributed by atoms with Gasteiger partial charge < -0.3 is 109 Å². The lowest BCUT2D eigenvalue weighted by molar-refractivity contribution is -0.282. The first-order chi connectivity index (χ1) is 24.3. The van der Waals surface area contributed by atoms with Gasteiger partial charge in [-0.05, 0) is 18.9 Å². The molecule has 0 unspecified atom stereocenters. The van der Waals surface area contributed by atoms with E-state index in [1.54, 1.807) is 6.08 Å². The summed E-state index contributed by atoms with van der Waals surface area (Å²) in [6, 6.07) is -4.19. The van der Waals surface area contributed by atoms with E-state index in [1.165, 1.54) is 0 Å². The van der Waals surface area contributed by atoms with Gasteiger partial charge in [0.1, 0.15) is 66.8 Å². The molecule has 1 saturated carbocycles. The molecule has 0 aromatic heterocycles. The third kappa shape index (κ3) is 9.87. The predicted octanol–water partition coefficient (Wildman–Crippen LogP) is -9.25. The number of carbonyl (C=O) groups excluding carboxylic acids is 1. The Morgan fingerprint density at radius 2 is 1.53 bits per heavy atom. The third-order valence-corrected chi connectivity index (χ3v) is 9.37. The van der Waals surface area contributed by atoms with Gasteiger partial charge in [-0.1, -0.05) is 0 Å². The summed E-state index contributed by atoms with van der Waals surface area (Å²) in [6.07, 6.45) is -18.4. The van der Waals surface area contributed by atoms with Gasteiger partial charge in [-0.3, -0.25) is 4.79 Å². The smallest absolute Gasteiger partial charge is 0.251 e. The van der Waals surface area contributed by atoms with Gasteiger partial charge in [-0.15, -0.1) is 0 Å². The van der Waals surface area contributed by atoms with Gasteiger partial charge in [0.25, 0.3) is 5.91 Å². The summed E-state index contributed by atoms with van der Waals surface area (Å²) >= 11 is 0. The Kier molecular flexibility index (Phi) is 15.7. The highest BCUT2D eigenvalue weighted by molar-refractivity contribution is 5.81. The number of nitrogens with one attached hydrogen (secondary N) is 2. The number of amides is 1. The number of hydrogen-bond donors (Lipinski definition) is 15. The fourth-order valence-electron chi connectivity index (χ4n) is 6.35. The molecule has 2 saturated heterocycles. The molecule has 4 aliphatic rings. The molecule has 0 aromatic rings. The Hall–Kier alpha value is -1.75. The quantitative estimate of drug-likeness (QED) is 0.0653. The highest BCUT2D eigenvalue weighted by Gasteiger charge is 2.54. The zero-order chi connectivity index (χ0) is 37.6. The van der Waals surface area contributed by atoms with Gasteiger partial charge in [0.15, 0.2) is 18.7 Å². The molecule has 3 aliphatic heterocycles. The van der Waals surface area contributed by atoms with Crippen molar-refractivity contribution in [2.75, 3.05) is 39.4 Å². The largest absolute Gasteiger partial charge is 0.467 e. The van der Waals surface area contributed by atoms with Crippen LogP contribution >= 0.6 is 0 Å². The van der Waals surface area contributed by atoms with E-state index in [0.29, 0.717) is 18.7 Å². The van der Waals surface area contributed by atoms with Crippen LogP contribution in [0.5, 0.6) is 0 Å². The molecular formula is C29H55N7O15. The minimum Gasteiger partial charge on any atom is -0.467 e. The van der Waals surface area contributed by atoms with Gasteiger partial charge >= 0.3 is 0 Å². The Labute approximate surface area is 293 Å². The Balaban J connectivity index is 1.55. The van der Waals surface area contributed by atoms with Crippen LogP contribution in [0.1, 0.15) is 12.8 Å². The van der Waals surface area contributed by atoms with E-state index in [0.717, 1.165) is 0 Å². The highest BCUT2D eigenvalue weighted by atomic mass is 16.8. The molecule has 3 fully saturated rings. The molecule has 51 heavy (non-hydrogen) atoms. The first-order valence-corrected chi connectivity index (χ1v) is 16.9. The van der Waals surface area contributed by atoms with Crippen LogP contribution in [-0.4, -0.2) is 196 Å². The van der Waals surface area contributed by atoms with Gasteiger partial charge in [-0.2, -0.15) is 0 Å². The van der Waals surface area contributed by atoms with E-state index < -0.39 is 129 Å². The zero-order valence-electron chi connectivity index (χ0n) is 27.9. The minimum atomic E-state index is -1.93. The number of hydrogen-bond acceptors (Lipinski definition) is 21. The minimum absolute atomic E-state index is 0.0988. The van der Waals surface area contributed by atoms with Crippen molar-refractivity contribution in [1.82, 2.24) is 10.6 Å². The van der Waals surface area contributed by atoms with Crippen LogP contribution in [0.15, 0.2) is 11.8 Å². The van der Waals surface area contributed by atoms with E-state index >= 15 is 0 Å². The molecule has 0 spiro atoms. The lowest BCUT2D eigenvalue weighted by atomic mass is 9.83. The second kappa shape index (κ2) is 19.0. The normalized spacial score (nSPS) is 42.9. The van der Waals surface area contributed by atoms with E-state index in [4.69, 9.17) is 62.2 Å². The van der Waals surface area contributed by atoms with E-state index in [1.807, 2.05) is 0 Å². The molecule has 3 heterocycles. The second-order valence-electron chi connectivity index (χ2n) is 13.1. The monoisotopic (exact) mass is 741 g/mol. The Bertz CT molecular complexity index is 1130. The van der Waals surface area contributed by atoms with Gasteiger partial charge in [0.2, 0.25) is 6.29 Å². The molecule has 0 radical (unpaired) electrons. The number of carbonyl (C=O) groups is 1. The van der Waals surface area contributed by atoms with Gasteiger partial charge in [0, 0.05) is 25.7 Å². The first-order valence-electron chi connectivity index (χ1n) is 16.9. The first kappa shape index (κ1) is 42.0. The number of nitrogens with two attached hydrogens (primary N) is 5. The van der Waals surface area contributed by atoms with Crippen LogP contribution in [0.3, 0.4) is 0 Å². The number of aliphatic hydroxyl groups is 8. The molecule has 4 rings (SSSR count). The maximum atomic E-state index is 12.7. The lowest BCUT2D eigenvalue weighted by Gasteiger charge is -2.46. The molecule has 18 atom stereocenters. The number of ether oxygens (including phenoxy) is 6. The zero-order valence-corrected chi connectivity index (χ0v) is 27.9. The average Bonchev–Trinajstić information content (AvgIpc) is 3.41.